The lowest BCUT2D eigenvalue weighted by molar-refractivity contribution is -0.142. The van der Waals surface area contributed by atoms with Crippen molar-refractivity contribution >= 4 is 17.3 Å². The molecule has 0 spiro atoms. The molecule has 0 fully saturated rings. The topological polar surface area (TPSA) is 50.2 Å². The monoisotopic (exact) mass is 301 g/mol. The number of aliphatic carboxylic acids is 1. The number of hydrogen-bond acceptors (Lipinski definition) is 3. The summed E-state index contributed by atoms with van der Waals surface area (Å²) in [4.78, 5) is 15.1. The number of carboxylic acid groups (broad SMARTS) is 1. The van der Waals surface area contributed by atoms with Crippen LogP contribution in [0.1, 0.15) is 19.5 Å². The molecule has 0 radical (unpaired) electrons. The average molecular weight is 301 g/mol. The van der Waals surface area contributed by atoms with Gasteiger partial charge in [0.25, 0.3) is 0 Å². The molecular formula is C13H10F3NO2S. The summed E-state index contributed by atoms with van der Waals surface area (Å²) < 4.78 is 39.7. The van der Waals surface area contributed by atoms with E-state index >= 15 is 0 Å². The van der Waals surface area contributed by atoms with Crippen LogP contribution in [0.15, 0.2) is 17.5 Å². The first-order valence-corrected chi connectivity index (χ1v) is 6.46. The van der Waals surface area contributed by atoms with Crippen LogP contribution < -0.4 is 0 Å². The van der Waals surface area contributed by atoms with Gasteiger partial charge in [0.15, 0.2) is 17.5 Å². The van der Waals surface area contributed by atoms with E-state index in [1.165, 1.54) is 19.2 Å². The highest BCUT2D eigenvalue weighted by molar-refractivity contribution is 7.13. The lowest BCUT2D eigenvalue weighted by atomic mass is 9.90. The standard InChI is InChI=1S/C13H10F3NO2S/c1-13(2,12(18)19)8-5-20-11(17-8)6-3-4-7(14)10(16)9(6)15/h3-5H,1-2H3,(H,18,19). The first kappa shape index (κ1) is 14.5. The largest absolute Gasteiger partial charge is 0.481 e. The van der Waals surface area contributed by atoms with Gasteiger partial charge in [-0.2, -0.15) is 0 Å². The Kier molecular flexibility index (Phi) is 3.56. The fourth-order valence-electron chi connectivity index (χ4n) is 1.49. The molecule has 1 heterocycles. The van der Waals surface area contributed by atoms with Crippen LogP contribution in [0.25, 0.3) is 10.6 Å². The van der Waals surface area contributed by atoms with Crippen LogP contribution in [0.5, 0.6) is 0 Å². The molecule has 0 aliphatic rings. The van der Waals surface area contributed by atoms with Crippen LogP contribution in [0.3, 0.4) is 0 Å². The molecule has 1 aromatic heterocycles. The predicted molar refractivity (Wildman–Crippen MR) is 68.1 cm³/mol. The summed E-state index contributed by atoms with van der Waals surface area (Å²) in [5, 5.41) is 10.7. The molecule has 106 valence electrons. The Morgan fingerprint density at radius 3 is 2.50 bits per heavy atom. The van der Waals surface area contributed by atoms with Crippen molar-refractivity contribution in [3.63, 3.8) is 0 Å². The van der Waals surface area contributed by atoms with Crippen molar-refractivity contribution in [1.82, 2.24) is 4.98 Å². The minimum Gasteiger partial charge on any atom is -0.481 e. The summed E-state index contributed by atoms with van der Waals surface area (Å²) in [7, 11) is 0. The summed E-state index contributed by atoms with van der Waals surface area (Å²) in [6, 6.07) is 1.88. The van der Waals surface area contributed by atoms with Gasteiger partial charge >= 0.3 is 5.97 Å². The zero-order valence-corrected chi connectivity index (χ0v) is 11.4. The van der Waals surface area contributed by atoms with Gasteiger partial charge in [-0.05, 0) is 26.0 Å². The van der Waals surface area contributed by atoms with E-state index in [4.69, 9.17) is 5.11 Å². The van der Waals surface area contributed by atoms with E-state index < -0.39 is 28.8 Å². The van der Waals surface area contributed by atoms with Crippen molar-refractivity contribution in [3.05, 3.63) is 40.7 Å². The third-order valence-corrected chi connectivity index (χ3v) is 3.82. The zero-order valence-electron chi connectivity index (χ0n) is 10.6. The average Bonchev–Trinajstić information content (AvgIpc) is 2.86. The summed E-state index contributed by atoms with van der Waals surface area (Å²) >= 11 is 0.972. The summed E-state index contributed by atoms with van der Waals surface area (Å²) in [5.74, 6) is -5.27. The molecule has 20 heavy (non-hydrogen) atoms. The molecule has 2 rings (SSSR count). The van der Waals surface area contributed by atoms with Gasteiger partial charge in [0.1, 0.15) is 10.4 Å². The molecule has 7 heteroatoms. The minimum absolute atomic E-state index is 0.103. The fourth-order valence-corrected chi connectivity index (χ4v) is 2.49. The van der Waals surface area contributed by atoms with E-state index in [-0.39, 0.29) is 16.3 Å². The minimum atomic E-state index is -1.57. The number of nitrogens with zero attached hydrogens (tertiary/aromatic N) is 1. The molecule has 0 amide bonds. The second-order valence-electron chi connectivity index (χ2n) is 4.69. The molecule has 2 aromatic rings. The van der Waals surface area contributed by atoms with Crippen molar-refractivity contribution in [2.24, 2.45) is 0 Å². The quantitative estimate of drug-likeness (QED) is 0.881. The van der Waals surface area contributed by atoms with Crippen molar-refractivity contribution in [1.29, 1.82) is 0 Å². The lowest BCUT2D eigenvalue weighted by Crippen LogP contribution is -2.28. The second kappa shape index (κ2) is 4.90. The van der Waals surface area contributed by atoms with E-state index in [0.29, 0.717) is 0 Å². The van der Waals surface area contributed by atoms with E-state index in [9.17, 15) is 18.0 Å². The van der Waals surface area contributed by atoms with Crippen LogP contribution >= 0.6 is 11.3 Å². The maximum absolute atomic E-state index is 13.6. The molecule has 0 saturated carbocycles. The number of hydrogen-bond donors (Lipinski definition) is 1. The smallest absolute Gasteiger partial charge is 0.315 e. The number of carbonyl (C=O) groups is 1. The van der Waals surface area contributed by atoms with Crippen molar-refractivity contribution in [2.45, 2.75) is 19.3 Å². The van der Waals surface area contributed by atoms with Gasteiger partial charge in [0.05, 0.1) is 5.69 Å². The number of thiazole rings is 1. The molecule has 0 unspecified atom stereocenters. The Bertz CT molecular complexity index is 682. The maximum atomic E-state index is 13.6. The molecule has 0 saturated heterocycles. The van der Waals surface area contributed by atoms with Gasteiger partial charge < -0.3 is 5.11 Å². The van der Waals surface area contributed by atoms with Crippen LogP contribution in [-0.2, 0) is 10.2 Å². The number of halogens is 3. The number of carboxylic acids is 1. The Morgan fingerprint density at radius 1 is 1.25 bits per heavy atom. The molecule has 0 atom stereocenters. The first-order chi connectivity index (χ1) is 9.25. The summed E-state index contributed by atoms with van der Waals surface area (Å²) in [6.45, 7) is 2.91. The Hall–Kier alpha value is -1.89. The van der Waals surface area contributed by atoms with E-state index in [1.54, 1.807) is 0 Å². The number of aromatic nitrogens is 1. The van der Waals surface area contributed by atoms with Gasteiger partial charge in [0.2, 0.25) is 0 Å². The van der Waals surface area contributed by atoms with Gasteiger partial charge in [-0.15, -0.1) is 11.3 Å². The summed E-state index contributed by atoms with van der Waals surface area (Å²) in [5.41, 5.74) is -1.21. The van der Waals surface area contributed by atoms with Crippen LogP contribution in [-0.4, -0.2) is 16.1 Å². The molecule has 0 bridgehead atoms. The Morgan fingerprint density at radius 2 is 1.90 bits per heavy atom. The predicted octanol–water partition coefficient (Wildman–Crippen LogP) is 3.59. The molecule has 0 aliphatic carbocycles. The Labute approximate surface area is 116 Å². The highest BCUT2D eigenvalue weighted by Crippen LogP contribution is 2.32. The normalized spacial score (nSPS) is 11.7. The summed E-state index contributed by atoms with van der Waals surface area (Å²) in [6.07, 6.45) is 0. The van der Waals surface area contributed by atoms with Gasteiger partial charge in [-0.1, -0.05) is 0 Å². The third-order valence-electron chi connectivity index (χ3n) is 2.94. The first-order valence-electron chi connectivity index (χ1n) is 5.58. The molecule has 0 aliphatic heterocycles. The Balaban J connectivity index is 2.50. The molecule has 1 aromatic carbocycles. The third kappa shape index (κ3) is 2.29. The van der Waals surface area contributed by atoms with Crippen LogP contribution in [0, 0.1) is 17.5 Å². The SMILES string of the molecule is CC(C)(C(=O)O)c1csc(-c2ccc(F)c(F)c2F)n1. The molecule has 1 N–H and O–H groups in total. The van der Waals surface area contributed by atoms with Crippen LogP contribution in [0.4, 0.5) is 13.2 Å². The number of benzene rings is 1. The molecular weight excluding hydrogens is 291 g/mol. The zero-order chi connectivity index (χ0) is 15.1. The van der Waals surface area contributed by atoms with Crippen molar-refractivity contribution in [3.8, 4) is 10.6 Å². The van der Waals surface area contributed by atoms with Gasteiger partial charge in [0, 0.05) is 10.9 Å². The van der Waals surface area contributed by atoms with Crippen LogP contribution in [0.2, 0.25) is 0 Å². The lowest BCUT2D eigenvalue weighted by Gasteiger charge is -2.15. The molecule has 3 nitrogen and oxygen atoms in total. The fraction of sp³-hybridized carbons (Fsp3) is 0.231. The van der Waals surface area contributed by atoms with E-state index in [1.807, 2.05) is 0 Å². The van der Waals surface area contributed by atoms with Crippen molar-refractivity contribution in [2.75, 3.05) is 0 Å². The van der Waals surface area contributed by atoms with E-state index in [2.05, 4.69) is 4.98 Å². The van der Waals surface area contributed by atoms with Crippen molar-refractivity contribution < 1.29 is 23.1 Å². The number of rotatable bonds is 3. The highest BCUT2D eigenvalue weighted by Gasteiger charge is 2.32. The maximum Gasteiger partial charge on any atom is 0.315 e. The van der Waals surface area contributed by atoms with Gasteiger partial charge in [-0.3, -0.25) is 4.79 Å². The van der Waals surface area contributed by atoms with E-state index in [0.717, 1.165) is 23.5 Å². The van der Waals surface area contributed by atoms with Gasteiger partial charge in [-0.25, -0.2) is 18.2 Å². The second-order valence-corrected chi connectivity index (χ2v) is 5.55. The highest BCUT2D eigenvalue weighted by atomic mass is 32.1.